The molecule has 0 aliphatic carbocycles. The van der Waals surface area contributed by atoms with Gasteiger partial charge in [0.2, 0.25) is 5.91 Å². The van der Waals surface area contributed by atoms with Crippen LogP contribution >= 0.6 is 0 Å². The predicted octanol–water partition coefficient (Wildman–Crippen LogP) is 1.48. The van der Waals surface area contributed by atoms with E-state index in [-0.39, 0.29) is 13.0 Å². The smallest absolute Gasteiger partial charge is 0.408 e. The van der Waals surface area contributed by atoms with E-state index < -0.39 is 36.7 Å². The average molecular weight is 400 g/mol. The number of carboxylic acid groups (broad SMARTS) is 1. The van der Waals surface area contributed by atoms with Gasteiger partial charge in [0.1, 0.15) is 18.7 Å². The zero-order valence-corrected chi connectivity index (χ0v) is 15.8. The van der Waals surface area contributed by atoms with Crippen molar-refractivity contribution >= 4 is 18.0 Å². The number of rotatable bonds is 10. The van der Waals surface area contributed by atoms with E-state index in [1.807, 2.05) is 36.4 Å². The van der Waals surface area contributed by atoms with Crippen LogP contribution in [0.5, 0.6) is 0 Å². The Morgan fingerprint density at radius 3 is 2.00 bits per heavy atom. The van der Waals surface area contributed by atoms with Crippen LogP contribution in [0.15, 0.2) is 60.7 Å². The van der Waals surface area contributed by atoms with Crippen molar-refractivity contribution in [3.8, 4) is 0 Å². The van der Waals surface area contributed by atoms with E-state index in [2.05, 4.69) is 10.6 Å². The third-order valence-corrected chi connectivity index (χ3v) is 4.18. The van der Waals surface area contributed by atoms with Crippen molar-refractivity contribution < 1.29 is 29.3 Å². The molecule has 0 heterocycles. The number of aryl methyl sites for hydroxylation is 1. The highest BCUT2D eigenvalue weighted by Crippen LogP contribution is 2.06. The van der Waals surface area contributed by atoms with Crippen LogP contribution in [-0.4, -0.2) is 46.9 Å². The predicted molar refractivity (Wildman–Crippen MR) is 105 cm³/mol. The first-order chi connectivity index (χ1) is 14.0. The second kappa shape index (κ2) is 11.5. The molecule has 2 amide bonds. The summed E-state index contributed by atoms with van der Waals surface area (Å²) in [5, 5.41) is 23.4. The summed E-state index contributed by atoms with van der Waals surface area (Å²) in [6, 6.07) is 15.7. The molecular weight excluding hydrogens is 376 g/mol. The highest BCUT2D eigenvalue weighted by atomic mass is 16.5. The topological polar surface area (TPSA) is 125 Å². The Morgan fingerprint density at radius 1 is 0.862 bits per heavy atom. The Labute approximate surface area is 168 Å². The first-order valence-corrected chi connectivity index (χ1v) is 9.14. The maximum atomic E-state index is 12.3. The zero-order chi connectivity index (χ0) is 21.1. The number of nitrogens with one attached hydrogen (secondary N) is 2. The number of aliphatic carboxylic acids is 1. The van der Waals surface area contributed by atoms with Gasteiger partial charge in [-0.25, -0.2) is 9.59 Å². The average Bonchev–Trinajstić information content (AvgIpc) is 2.74. The van der Waals surface area contributed by atoms with Gasteiger partial charge in [0.25, 0.3) is 0 Å². The van der Waals surface area contributed by atoms with Gasteiger partial charge in [-0.3, -0.25) is 4.79 Å². The standard InChI is InChI=1S/C21H24N2O6/c24-13-18(23-21(28)29-14-16-9-5-2-6-10-16)19(25)22-17(20(26)27)12-11-15-7-3-1-4-8-15/h1-10,17-18,24H,11-14H2,(H,22,25)(H,23,28)(H,26,27)/t17-,18-/m0/s1. The van der Waals surface area contributed by atoms with Crippen LogP contribution in [0.3, 0.4) is 0 Å². The molecule has 0 unspecified atom stereocenters. The number of amides is 2. The molecule has 0 radical (unpaired) electrons. The molecule has 29 heavy (non-hydrogen) atoms. The molecule has 2 atom stereocenters. The number of carboxylic acids is 1. The highest BCUT2D eigenvalue weighted by molar-refractivity contribution is 5.89. The summed E-state index contributed by atoms with van der Waals surface area (Å²) in [4.78, 5) is 35.6. The van der Waals surface area contributed by atoms with E-state index in [9.17, 15) is 24.6 Å². The van der Waals surface area contributed by atoms with Gasteiger partial charge in [0.05, 0.1) is 6.61 Å². The summed E-state index contributed by atoms with van der Waals surface area (Å²) in [5.41, 5.74) is 1.70. The van der Waals surface area contributed by atoms with Crippen molar-refractivity contribution in [1.82, 2.24) is 10.6 Å². The lowest BCUT2D eigenvalue weighted by molar-refractivity contribution is -0.142. The number of hydrogen-bond donors (Lipinski definition) is 4. The molecule has 0 spiro atoms. The number of carbonyl (C=O) groups excluding carboxylic acids is 2. The second-order valence-electron chi connectivity index (χ2n) is 6.36. The molecule has 0 aliphatic rings. The van der Waals surface area contributed by atoms with Crippen molar-refractivity contribution in [3.63, 3.8) is 0 Å². The fourth-order valence-electron chi connectivity index (χ4n) is 2.59. The summed E-state index contributed by atoms with van der Waals surface area (Å²) in [5.74, 6) is -2.00. The monoisotopic (exact) mass is 400 g/mol. The van der Waals surface area contributed by atoms with Crippen molar-refractivity contribution in [2.75, 3.05) is 6.61 Å². The van der Waals surface area contributed by atoms with Crippen LogP contribution in [0.25, 0.3) is 0 Å². The number of benzene rings is 2. The molecule has 0 aromatic heterocycles. The van der Waals surface area contributed by atoms with Gasteiger partial charge in [-0.2, -0.15) is 0 Å². The fourth-order valence-corrected chi connectivity index (χ4v) is 2.59. The van der Waals surface area contributed by atoms with Crippen LogP contribution in [-0.2, 0) is 27.4 Å². The molecule has 2 aromatic rings. The van der Waals surface area contributed by atoms with E-state index in [1.165, 1.54) is 0 Å². The summed E-state index contributed by atoms with van der Waals surface area (Å²) in [6.45, 7) is -0.696. The number of hydrogen-bond acceptors (Lipinski definition) is 5. The van der Waals surface area contributed by atoms with E-state index >= 15 is 0 Å². The lowest BCUT2D eigenvalue weighted by atomic mass is 10.0. The largest absolute Gasteiger partial charge is 0.480 e. The lowest BCUT2D eigenvalue weighted by Gasteiger charge is -2.20. The van der Waals surface area contributed by atoms with Crippen molar-refractivity contribution in [2.45, 2.75) is 31.5 Å². The molecule has 4 N–H and O–H groups in total. The summed E-state index contributed by atoms with van der Waals surface area (Å²) < 4.78 is 5.01. The van der Waals surface area contributed by atoms with Crippen LogP contribution < -0.4 is 10.6 Å². The SMILES string of the molecule is O=C(N[C@@H](CO)C(=O)N[C@@H](CCc1ccccc1)C(=O)O)OCc1ccccc1. The van der Waals surface area contributed by atoms with E-state index in [0.29, 0.717) is 6.42 Å². The van der Waals surface area contributed by atoms with Gasteiger partial charge in [0, 0.05) is 0 Å². The molecule has 0 saturated heterocycles. The zero-order valence-electron chi connectivity index (χ0n) is 15.8. The van der Waals surface area contributed by atoms with Crippen LogP contribution in [0.1, 0.15) is 17.5 Å². The molecule has 0 fully saturated rings. The van der Waals surface area contributed by atoms with Crippen molar-refractivity contribution in [3.05, 3.63) is 71.8 Å². The van der Waals surface area contributed by atoms with Crippen LogP contribution in [0, 0.1) is 0 Å². The molecule has 154 valence electrons. The number of alkyl carbamates (subject to hydrolysis) is 1. The van der Waals surface area contributed by atoms with Crippen molar-refractivity contribution in [2.24, 2.45) is 0 Å². The second-order valence-corrected chi connectivity index (χ2v) is 6.36. The van der Waals surface area contributed by atoms with Crippen LogP contribution in [0.4, 0.5) is 4.79 Å². The van der Waals surface area contributed by atoms with Gasteiger partial charge >= 0.3 is 12.1 Å². The van der Waals surface area contributed by atoms with E-state index in [0.717, 1.165) is 11.1 Å². The first-order valence-electron chi connectivity index (χ1n) is 9.14. The number of ether oxygens (including phenoxy) is 1. The summed E-state index contributed by atoms with van der Waals surface area (Å²) in [6.07, 6.45) is -0.268. The minimum absolute atomic E-state index is 0.00126. The number of aliphatic hydroxyl groups is 1. The first kappa shape index (κ1) is 21.9. The minimum Gasteiger partial charge on any atom is -0.480 e. The summed E-state index contributed by atoms with van der Waals surface area (Å²) in [7, 11) is 0. The summed E-state index contributed by atoms with van der Waals surface area (Å²) >= 11 is 0. The molecule has 0 bridgehead atoms. The molecule has 0 aliphatic heterocycles. The Morgan fingerprint density at radius 2 is 1.45 bits per heavy atom. The molecule has 8 nitrogen and oxygen atoms in total. The van der Waals surface area contributed by atoms with Crippen LogP contribution in [0.2, 0.25) is 0 Å². The van der Waals surface area contributed by atoms with E-state index in [1.54, 1.807) is 24.3 Å². The highest BCUT2D eigenvalue weighted by Gasteiger charge is 2.26. The third kappa shape index (κ3) is 7.63. The van der Waals surface area contributed by atoms with Gasteiger partial charge in [0.15, 0.2) is 0 Å². The maximum Gasteiger partial charge on any atom is 0.408 e. The van der Waals surface area contributed by atoms with Gasteiger partial charge in [-0.1, -0.05) is 60.7 Å². The van der Waals surface area contributed by atoms with Gasteiger partial charge < -0.3 is 25.6 Å². The normalized spacial score (nSPS) is 12.4. The molecule has 0 saturated carbocycles. The Kier molecular flexibility index (Phi) is 8.65. The Bertz CT molecular complexity index is 797. The maximum absolute atomic E-state index is 12.3. The molecule has 8 heteroatoms. The fraction of sp³-hybridized carbons (Fsp3) is 0.286. The number of carbonyl (C=O) groups is 3. The minimum atomic E-state index is -1.32. The van der Waals surface area contributed by atoms with Crippen molar-refractivity contribution in [1.29, 1.82) is 0 Å². The van der Waals surface area contributed by atoms with Gasteiger partial charge in [-0.15, -0.1) is 0 Å². The quantitative estimate of drug-likeness (QED) is 0.479. The van der Waals surface area contributed by atoms with Gasteiger partial charge in [-0.05, 0) is 24.0 Å². The molecule has 2 rings (SSSR count). The Hall–Kier alpha value is -3.39. The Balaban J connectivity index is 1.85. The molecule has 2 aromatic carbocycles. The number of aliphatic hydroxyl groups excluding tert-OH is 1. The third-order valence-electron chi connectivity index (χ3n) is 4.18. The lowest BCUT2D eigenvalue weighted by Crippen LogP contribution is -2.53. The molecular formula is C21H24N2O6. The van der Waals surface area contributed by atoms with E-state index in [4.69, 9.17) is 4.74 Å².